The van der Waals surface area contributed by atoms with E-state index in [2.05, 4.69) is 16.0 Å². The van der Waals surface area contributed by atoms with Crippen LogP contribution < -0.4 is 16.0 Å². The standard InChI is InChI=1S/C77H117ClF3N13O14/c1-13-48(4)64-73(105)86(7)49(5)68(100)94-37-32-57(94)71(103)89(10)59(44-50-22-15-14-16-23-50)70(102)85(6)46-61(95)82-55(29-27-51-26-28-53(54(78)43-51)77(79,80)81)69(101)88(9)56(30-31-62(96)92-35-21-36-92)67(99)84-76(33-19-20-34-76)75(107)91(12)65(52-24-17-18-25-52)74(106)90(11)60(72(104)93-38-40-108-41-39-93)45-63(97)87(8)58(42-47(2)3)66(98)83-64/h26,28,43,47-50,52,55-60,64-65H,13-25,27,29-42,44-46H2,1-12H3,(H,82,95)(H,83,98)(H,84,99)/t48-,49-,55-,56-,57-,58-,59-,60-,64-,65-/m0/s1. The van der Waals surface area contributed by atoms with E-state index in [9.17, 15) is 37.1 Å². The molecule has 3 saturated carbocycles. The molecule has 8 rings (SSSR count). The van der Waals surface area contributed by atoms with Gasteiger partial charge >= 0.3 is 6.18 Å². The fraction of sp³-hybridized carbons (Fsp3) is 0.753. The van der Waals surface area contributed by atoms with Crippen molar-refractivity contribution in [3.8, 4) is 0 Å². The zero-order valence-electron chi connectivity index (χ0n) is 65.4. The zero-order chi connectivity index (χ0) is 79.4. The molecule has 0 unspecified atom stereocenters. The molecule has 0 bridgehead atoms. The summed E-state index contributed by atoms with van der Waals surface area (Å²) in [5.74, 6) is -9.82. The normalized spacial score (nSPS) is 27.6. The van der Waals surface area contributed by atoms with Crippen LogP contribution in [0.3, 0.4) is 0 Å². The maximum atomic E-state index is 15.9. The van der Waals surface area contributed by atoms with Gasteiger partial charge in [0, 0.05) is 88.5 Å². The van der Waals surface area contributed by atoms with Crippen LogP contribution in [0.2, 0.25) is 5.02 Å². The number of alkyl halides is 3. The Morgan fingerprint density at radius 2 is 1.27 bits per heavy atom. The SMILES string of the molecule is CC[C@H](C)[C@@H]1NC(=O)[C@H](CC(C)C)N(C)C(=O)C[C@@H](C(=O)N2CCOCC2)N(C)C(=O)[C@H](C2CCCC2)N(C)C(=O)C2(CCCC2)NC(=O)[C@H](CCC(=O)N2CCC2)N(C)C(=O)[C@H](CCc2ccc(C(F)(F)F)c(Cl)c2)NC(=O)CN(C)C(=O)[C@H](CC2CCCCC2)N(C)C(=O)[C@@H]2CCN2C(=O)[C@H](C)N(C)C1=O. The predicted octanol–water partition coefficient (Wildman–Crippen LogP) is 5.26. The minimum atomic E-state index is -4.80. The number of likely N-dealkylation sites (tertiary alicyclic amines) is 1. The Morgan fingerprint density at radius 3 is 1.84 bits per heavy atom. The minimum Gasteiger partial charge on any atom is -0.378 e. The van der Waals surface area contributed by atoms with Gasteiger partial charge in [-0.2, -0.15) is 13.2 Å². The quantitative estimate of drug-likeness (QED) is 0.214. The summed E-state index contributed by atoms with van der Waals surface area (Å²) in [5.41, 5.74) is -2.57. The molecular weight excluding hydrogens is 1420 g/mol. The van der Waals surface area contributed by atoms with E-state index in [0.717, 1.165) is 60.5 Å². The maximum absolute atomic E-state index is 15.9. The molecule has 7 fully saturated rings. The third-order valence-electron chi connectivity index (χ3n) is 24.2. The number of morpholine rings is 1. The van der Waals surface area contributed by atoms with Crippen molar-refractivity contribution in [1.82, 2.24) is 64.9 Å². The van der Waals surface area contributed by atoms with Crippen LogP contribution in [0.5, 0.6) is 0 Å². The summed E-state index contributed by atoms with van der Waals surface area (Å²) in [6, 6.07) is -8.64. The Labute approximate surface area is 639 Å². The van der Waals surface area contributed by atoms with Crippen LogP contribution in [-0.4, -0.2) is 288 Å². The number of hydrogen-bond donors (Lipinski definition) is 3. The maximum Gasteiger partial charge on any atom is 0.417 e. The summed E-state index contributed by atoms with van der Waals surface area (Å²) in [6.07, 6.45) is 2.92. The van der Waals surface area contributed by atoms with Gasteiger partial charge in [0.2, 0.25) is 76.8 Å². The van der Waals surface area contributed by atoms with Crippen LogP contribution in [0.4, 0.5) is 13.2 Å². The fourth-order valence-corrected chi connectivity index (χ4v) is 16.9. The lowest BCUT2D eigenvalue weighted by molar-refractivity contribution is -0.160. The van der Waals surface area contributed by atoms with Crippen LogP contribution in [-0.2, 0) is 79.7 Å². The molecule has 1 aromatic carbocycles. The highest BCUT2D eigenvalue weighted by Crippen LogP contribution is 2.39. The first kappa shape index (κ1) is 86.0. The second-order valence-corrected chi connectivity index (χ2v) is 32.3. The van der Waals surface area contributed by atoms with Crippen molar-refractivity contribution in [2.75, 3.05) is 102 Å². The number of ether oxygens (including phenoxy) is 1. The highest BCUT2D eigenvalue weighted by atomic mass is 35.5. The first-order chi connectivity index (χ1) is 51.0. The summed E-state index contributed by atoms with van der Waals surface area (Å²) in [6.45, 7) is 9.81. The van der Waals surface area contributed by atoms with Gasteiger partial charge in [-0.05, 0) is 119 Å². The van der Waals surface area contributed by atoms with Gasteiger partial charge in [0.05, 0.1) is 36.8 Å². The third kappa shape index (κ3) is 20.5. The number of likely N-dealkylation sites (N-methyl/N-ethyl adjacent to an activating group) is 7. The van der Waals surface area contributed by atoms with E-state index in [1.807, 2.05) is 20.8 Å². The van der Waals surface area contributed by atoms with Crippen molar-refractivity contribution in [2.45, 2.75) is 248 Å². The monoisotopic (exact) mass is 1540 g/mol. The number of carbonyl (C=O) groups excluding carboxylic acids is 13. The van der Waals surface area contributed by atoms with E-state index in [-0.39, 0.29) is 114 Å². The van der Waals surface area contributed by atoms with Crippen molar-refractivity contribution in [3.05, 3.63) is 34.3 Å². The molecule has 7 aliphatic rings. The molecule has 13 amide bonds. The Morgan fingerprint density at radius 1 is 0.639 bits per heavy atom. The number of benzene rings is 1. The molecular formula is C77H117ClF3N13O14. The van der Waals surface area contributed by atoms with E-state index in [4.69, 9.17) is 16.3 Å². The van der Waals surface area contributed by atoms with Gasteiger partial charge in [0.1, 0.15) is 59.9 Å². The summed E-state index contributed by atoms with van der Waals surface area (Å²) in [4.78, 5) is 210. The molecule has 1 spiro atoms. The number of carbonyl (C=O) groups is 13. The largest absolute Gasteiger partial charge is 0.417 e. The second kappa shape index (κ2) is 37.9. The van der Waals surface area contributed by atoms with Gasteiger partial charge in [-0.3, -0.25) is 62.3 Å². The number of amides is 13. The Bertz CT molecular complexity index is 3430. The molecule has 4 saturated heterocycles. The Kier molecular flexibility index (Phi) is 30.1. The lowest BCUT2D eigenvalue weighted by Crippen LogP contribution is -2.65. The van der Waals surface area contributed by atoms with Gasteiger partial charge in [0.25, 0.3) is 0 Å². The smallest absolute Gasteiger partial charge is 0.378 e. The van der Waals surface area contributed by atoms with Crippen molar-refractivity contribution in [3.63, 3.8) is 0 Å². The summed E-state index contributed by atoms with van der Waals surface area (Å²) in [7, 11) is 9.86. The fourth-order valence-electron chi connectivity index (χ4n) is 16.6. The highest BCUT2D eigenvalue weighted by Gasteiger charge is 2.52. The molecule has 1 aromatic rings. The lowest BCUT2D eigenvalue weighted by Gasteiger charge is -2.45. The van der Waals surface area contributed by atoms with Crippen molar-refractivity contribution < 1.29 is 80.2 Å². The molecule has 0 radical (unpaired) electrons. The van der Waals surface area contributed by atoms with Gasteiger partial charge in [-0.1, -0.05) is 110 Å². The van der Waals surface area contributed by atoms with Gasteiger partial charge in [-0.15, -0.1) is 0 Å². The predicted molar refractivity (Wildman–Crippen MR) is 395 cm³/mol. The van der Waals surface area contributed by atoms with Crippen LogP contribution in [0.1, 0.15) is 187 Å². The van der Waals surface area contributed by atoms with Crippen molar-refractivity contribution in [1.29, 1.82) is 0 Å². The topological polar surface area (TPSA) is 300 Å². The van der Waals surface area contributed by atoms with Crippen molar-refractivity contribution >= 4 is 88.4 Å². The van der Waals surface area contributed by atoms with E-state index in [1.54, 1.807) is 11.8 Å². The molecule has 3 aliphatic carbocycles. The number of nitrogens with zero attached hydrogens (tertiary/aromatic N) is 10. The molecule has 27 nitrogen and oxygen atoms in total. The van der Waals surface area contributed by atoms with Crippen LogP contribution in [0, 0.1) is 23.7 Å². The van der Waals surface area contributed by atoms with Gasteiger partial charge in [-0.25, -0.2) is 0 Å². The third-order valence-corrected chi connectivity index (χ3v) is 24.5. The molecule has 602 valence electrons. The minimum absolute atomic E-state index is 0.0101. The molecule has 108 heavy (non-hydrogen) atoms. The van der Waals surface area contributed by atoms with E-state index < -0.39 is 172 Å². The van der Waals surface area contributed by atoms with Gasteiger partial charge in [0.15, 0.2) is 0 Å². The molecule has 31 heteroatoms. The number of nitrogens with one attached hydrogen (secondary N) is 3. The molecule has 0 aromatic heterocycles. The summed E-state index contributed by atoms with van der Waals surface area (Å²) in [5, 5.41) is 8.11. The second-order valence-electron chi connectivity index (χ2n) is 31.9. The van der Waals surface area contributed by atoms with Crippen LogP contribution in [0.25, 0.3) is 0 Å². The number of aryl methyl sites for hydroxylation is 1. The van der Waals surface area contributed by atoms with Gasteiger partial charge < -0.3 is 69.7 Å². The van der Waals surface area contributed by atoms with Crippen molar-refractivity contribution in [2.24, 2.45) is 23.7 Å². The number of fused-ring (bicyclic) bond motifs is 1. The first-order valence-corrected chi connectivity index (χ1v) is 39.5. The molecule has 4 heterocycles. The first-order valence-electron chi connectivity index (χ1n) is 39.1. The highest BCUT2D eigenvalue weighted by molar-refractivity contribution is 6.31. The average Bonchev–Trinajstić information content (AvgIpc) is 1.17. The number of rotatable bonds is 14. The van der Waals surface area contributed by atoms with E-state index in [1.165, 1.54) is 96.6 Å². The summed E-state index contributed by atoms with van der Waals surface area (Å²) < 4.78 is 47.7. The Balaban J connectivity index is 1.21. The lowest BCUT2D eigenvalue weighted by atomic mass is 9.84. The number of hydrogen-bond acceptors (Lipinski definition) is 14. The molecule has 10 atom stereocenters. The van der Waals surface area contributed by atoms with E-state index in [0.29, 0.717) is 58.0 Å². The van der Waals surface area contributed by atoms with E-state index >= 15 is 38.4 Å². The molecule has 4 aliphatic heterocycles. The van der Waals surface area contributed by atoms with Crippen LogP contribution >= 0.6 is 11.6 Å². The number of halogens is 4. The Hall–Kier alpha value is -7.63. The summed E-state index contributed by atoms with van der Waals surface area (Å²) >= 11 is 6.21. The average molecular weight is 1540 g/mol. The molecule has 3 N–H and O–H groups in total. The van der Waals surface area contributed by atoms with Crippen LogP contribution in [0.15, 0.2) is 18.2 Å². The zero-order valence-corrected chi connectivity index (χ0v) is 66.1.